The van der Waals surface area contributed by atoms with Gasteiger partial charge in [0.25, 0.3) is 0 Å². The highest BCUT2D eigenvalue weighted by Crippen LogP contribution is 2.24. The Morgan fingerprint density at radius 3 is 2.71 bits per heavy atom. The van der Waals surface area contributed by atoms with E-state index in [4.69, 9.17) is 10.8 Å². The summed E-state index contributed by atoms with van der Waals surface area (Å²) in [4.78, 5) is 14.4. The van der Waals surface area contributed by atoms with Gasteiger partial charge in [-0.2, -0.15) is 12.6 Å². The first-order valence-corrected chi connectivity index (χ1v) is 5.56. The normalized spacial score (nSPS) is 14.3. The lowest BCUT2D eigenvalue weighted by Gasteiger charge is -2.18. The van der Waals surface area contributed by atoms with Crippen LogP contribution in [-0.4, -0.2) is 38.1 Å². The van der Waals surface area contributed by atoms with E-state index in [0.29, 0.717) is 5.75 Å². The Bertz CT molecular complexity index is 413. The zero-order chi connectivity index (χ0) is 13.0. The van der Waals surface area contributed by atoms with Gasteiger partial charge in [-0.25, -0.2) is 9.78 Å². The number of nitrogen functional groups attached to an aromatic ring is 1. The molecule has 17 heavy (non-hydrogen) atoms. The van der Waals surface area contributed by atoms with Crippen molar-refractivity contribution in [3.05, 3.63) is 23.4 Å². The van der Waals surface area contributed by atoms with Crippen molar-refractivity contribution in [3.63, 3.8) is 0 Å². The van der Waals surface area contributed by atoms with Crippen LogP contribution in [0, 0.1) is 0 Å². The number of hydrogen-bond donors (Lipinski definition) is 5. The van der Waals surface area contributed by atoms with Crippen LogP contribution in [0.1, 0.15) is 28.4 Å². The first kappa shape index (κ1) is 13.8. The number of hydrogen-bond acceptors (Lipinski definition) is 6. The molecule has 0 saturated heterocycles. The standard InChI is InChI=1S/C10H14N2O4S/c11-9-6(8(14)7(13)1-2-17)3-5(4-12-9)10(15)16/h3-4,7-8,13-14,17H,1-2H2,(H2,11,12)(H,15,16). The van der Waals surface area contributed by atoms with E-state index in [0.717, 1.165) is 6.20 Å². The molecular weight excluding hydrogens is 244 g/mol. The van der Waals surface area contributed by atoms with Crippen molar-refractivity contribution in [1.29, 1.82) is 0 Å². The molecule has 0 aliphatic carbocycles. The summed E-state index contributed by atoms with van der Waals surface area (Å²) in [6.45, 7) is 0. The second-order valence-electron chi connectivity index (χ2n) is 3.53. The third-order valence-corrected chi connectivity index (χ3v) is 2.56. The summed E-state index contributed by atoms with van der Waals surface area (Å²) < 4.78 is 0. The second kappa shape index (κ2) is 5.85. The third kappa shape index (κ3) is 3.32. The van der Waals surface area contributed by atoms with Gasteiger partial charge in [0.1, 0.15) is 11.9 Å². The minimum atomic E-state index is -1.27. The van der Waals surface area contributed by atoms with Crippen LogP contribution in [0.4, 0.5) is 5.82 Å². The van der Waals surface area contributed by atoms with E-state index in [1.54, 1.807) is 0 Å². The van der Waals surface area contributed by atoms with Gasteiger partial charge in [-0.05, 0) is 18.2 Å². The molecule has 0 radical (unpaired) electrons. The fourth-order valence-corrected chi connectivity index (χ4v) is 1.61. The zero-order valence-electron chi connectivity index (χ0n) is 8.95. The van der Waals surface area contributed by atoms with Crippen LogP contribution in [0.25, 0.3) is 0 Å². The van der Waals surface area contributed by atoms with E-state index >= 15 is 0 Å². The average Bonchev–Trinajstić information content (AvgIpc) is 2.28. The first-order valence-electron chi connectivity index (χ1n) is 4.93. The smallest absolute Gasteiger partial charge is 0.337 e. The monoisotopic (exact) mass is 258 g/mol. The Kier molecular flexibility index (Phi) is 4.73. The molecule has 5 N–H and O–H groups in total. The van der Waals surface area contributed by atoms with Gasteiger partial charge in [-0.1, -0.05) is 0 Å². The maximum Gasteiger partial charge on any atom is 0.337 e. The largest absolute Gasteiger partial charge is 0.478 e. The summed E-state index contributed by atoms with van der Waals surface area (Å²) in [5.74, 6) is -0.778. The number of carboxylic acid groups (broad SMARTS) is 1. The molecule has 0 bridgehead atoms. The fraction of sp³-hybridized carbons (Fsp3) is 0.400. The van der Waals surface area contributed by atoms with Gasteiger partial charge in [0.2, 0.25) is 0 Å². The Hall–Kier alpha value is -1.31. The maximum absolute atomic E-state index is 10.7. The topological polar surface area (TPSA) is 117 Å². The average molecular weight is 258 g/mol. The summed E-state index contributed by atoms with van der Waals surface area (Å²) in [5.41, 5.74) is 5.55. The van der Waals surface area contributed by atoms with Crippen LogP contribution in [-0.2, 0) is 0 Å². The van der Waals surface area contributed by atoms with Gasteiger partial charge in [-0.3, -0.25) is 0 Å². The van der Waals surface area contributed by atoms with Gasteiger partial charge >= 0.3 is 5.97 Å². The number of pyridine rings is 1. The van der Waals surface area contributed by atoms with Crippen molar-refractivity contribution in [3.8, 4) is 0 Å². The van der Waals surface area contributed by atoms with Crippen molar-refractivity contribution in [2.45, 2.75) is 18.6 Å². The van der Waals surface area contributed by atoms with E-state index < -0.39 is 18.2 Å². The van der Waals surface area contributed by atoms with E-state index in [2.05, 4.69) is 17.6 Å². The number of carbonyl (C=O) groups is 1. The molecule has 6 nitrogen and oxygen atoms in total. The molecule has 0 saturated carbocycles. The number of thiol groups is 1. The van der Waals surface area contributed by atoms with Crippen molar-refractivity contribution in [2.75, 3.05) is 11.5 Å². The summed E-state index contributed by atoms with van der Waals surface area (Å²) in [6.07, 6.45) is -0.963. The number of anilines is 1. The number of carboxylic acids is 1. The fourth-order valence-electron chi connectivity index (χ4n) is 1.34. The van der Waals surface area contributed by atoms with Crippen molar-refractivity contribution < 1.29 is 20.1 Å². The predicted octanol–water partition coefficient (Wildman–Crippen LogP) is 0.0762. The molecule has 94 valence electrons. The molecular formula is C10H14N2O4S. The number of aromatic carboxylic acids is 1. The molecule has 0 aliphatic heterocycles. The van der Waals surface area contributed by atoms with E-state index in [1.165, 1.54) is 6.07 Å². The van der Waals surface area contributed by atoms with E-state index in [-0.39, 0.29) is 23.4 Å². The van der Waals surface area contributed by atoms with Crippen molar-refractivity contribution >= 4 is 24.4 Å². The summed E-state index contributed by atoms with van der Waals surface area (Å²) in [5, 5.41) is 28.2. The number of aliphatic hydroxyl groups excluding tert-OH is 2. The molecule has 1 heterocycles. The number of aromatic nitrogens is 1. The highest BCUT2D eigenvalue weighted by atomic mass is 32.1. The van der Waals surface area contributed by atoms with Gasteiger partial charge in [-0.15, -0.1) is 0 Å². The van der Waals surface area contributed by atoms with Gasteiger partial charge in [0.05, 0.1) is 11.7 Å². The van der Waals surface area contributed by atoms with Gasteiger partial charge in [0.15, 0.2) is 0 Å². The van der Waals surface area contributed by atoms with Crippen molar-refractivity contribution in [1.82, 2.24) is 4.98 Å². The van der Waals surface area contributed by atoms with Crippen LogP contribution in [0.15, 0.2) is 12.3 Å². The molecule has 1 rings (SSSR count). The lowest BCUT2D eigenvalue weighted by Crippen LogP contribution is -2.20. The molecule has 2 atom stereocenters. The highest BCUT2D eigenvalue weighted by molar-refractivity contribution is 7.80. The highest BCUT2D eigenvalue weighted by Gasteiger charge is 2.21. The number of nitrogens with two attached hydrogens (primary N) is 1. The molecule has 2 unspecified atom stereocenters. The molecule has 0 spiro atoms. The van der Waals surface area contributed by atoms with E-state index in [1.807, 2.05) is 0 Å². The number of rotatable bonds is 5. The van der Waals surface area contributed by atoms with Crippen LogP contribution >= 0.6 is 12.6 Å². The Labute approximate surface area is 104 Å². The summed E-state index contributed by atoms with van der Waals surface area (Å²) >= 11 is 3.93. The van der Waals surface area contributed by atoms with Gasteiger partial charge < -0.3 is 21.1 Å². The Morgan fingerprint density at radius 1 is 1.53 bits per heavy atom. The zero-order valence-corrected chi connectivity index (χ0v) is 9.84. The SMILES string of the molecule is Nc1ncc(C(=O)O)cc1C(O)C(O)CCS. The van der Waals surface area contributed by atoms with Crippen LogP contribution in [0.2, 0.25) is 0 Å². The lowest BCUT2D eigenvalue weighted by atomic mass is 10.0. The quantitative estimate of drug-likeness (QED) is 0.477. The molecule has 0 aliphatic rings. The Morgan fingerprint density at radius 2 is 2.18 bits per heavy atom. The van der Waals surface area contributed by atoms with Crippen LogP contribution in [0.5, 0.6) is 0 Å². The maximum atomic E-state index is 10.7. The molecule has 0 amide bonds. The molecule has 7 heteroatoms. The first-order chi connectivity index (χ1) is 7.97. The third-order valence-electron chi connectivity index (χ3n) is 2.30. The van der Waals surface area contributed by atoms with Crippen LogP contribution in [0.3, 0.4) is 0 Å². The molecule has 1 aromatic heterocycles. The van der Waals surface area contributed by atoms with Crippen LogP contribution < -0.4 is 5.73 Å². The summed E-state index contributed by atoms with van der Waals surface area (Å²) in [6, 6.07) is 1.21. The second-order valence-corrected chi connectivity index (χ2v) is 3.98. The minimum absolute atomic E-state index is 0.000661. The number of aliphatic hydroxyl groups is 2. The predicted molar refractivity (Wildman–Crippen MR) is 65.0 cm³/mol. The van der Waals surface area contributed by atoms with Gasteiger partial charge in [0, 0.05) is 11.8 Å². The summed E-state index contributed by atoms with van der Waals surface area (Å²) in [7, 11) is 0. The van der Waals surface area contributed by atoms with E-state index in [9.17, 15) is 15.0 Å². The molecule has 1 aromatic rings. The number of nitrogens with zero attached hydrogens (tertiary/aromatic N) is 1. The Balaban J connectivity index is 3.03. The minimum Gasteiger partial charge on any atom is -0.478 e. The lowest BCUT2D eigenvalue weighted by molar-refractivity contribution is 0.0174. The molecule has 0 aromatic carbocycles. The molecule has 0 fully saturated rings. The van der Waals surface area contributed by atoms with Crippen molar-refractivity contribution in [2.24, 2.45) is 0 Å².